The average molecular weight is 759 g/mol. The van der Waals surface area contributed by atoms with E-state index < -0.39 is 147 Å². The first-order chi connectivity index (χ1) is 22.9. The lowest BCUT2D eigenvalue weighted by molar-refractivity contribution is -0.170. The zero-order chi connectivity index (χ0) is 41.7. The highest BCUT2D eigenvalue weighted by Gasteiger charge is 2.42. The van der Waals surface area contributed by atoms with E-state index in [-0.39, 0.29) is 0 Å². The highest BCUT2D eigenvalue weighted by Crippen LogP contribution is 2.17. The average Bonchev–Trinajstić information content (AvgIpc) is 2.93. The summed E-state index contributed by atoms with van der Waals surface area (Å²) in [5, 5.41) is 154. The van der Waals surface area contributed by atoms with E-state index in [9.17, 15) is 43.2 Å². The molecule has 27 nitrogen and oxygen atoms in total. The summed E-state index contributed by atoms with van der Waals surface area (Å²) in [6.45, 7) is -1.45. The van der Waals surface area contributed by atoms with Gasteiger partial charge in [0.2, 0.25) is 0 Å². The maximum atomic E-state index is 10.3. The molecule has 0 aromatic carbocycles. The second-order valence-electron chi connectivity index (χ2n) is 9.91. The van der Waals surface area contributed by atoms with Crippen LogP contribution in [0.3, 0.4) is 0 Å². The molecule has 0 spiro atoms. The van der Waals surface area contributed by atoms with Crippen LogP contribution in [0.1, 0.15) is 38.5 Å². The molecule has 0 heterocycles. The van der Waals surface area contributed by atoms with E-state index in [1.807, 2.05) is 0 Å². The molecule has 0 amide bonds. The van der Waals surface area contributed by atoms with Crippen molar-refractivity contribution in [2.75, 3.05) is 13.2 Å². The predicted octanol–water partition coefficient (Wildman–Crippen LogP) is -7.33. The maximum absolute atomic E-state index is 10.3. The van der Waals surface area contributed by atoms with E-state index in [2.05, 4.69) is 0 Å². The Morgan fingerprint density at radius 3 is 0.569 bits per heavy atom. The van der Waals surface area contributed by atoms with Gasteiger partial charge in [0.25, 0.3) is 0 Å². The van der Waals surface area contributed by atoms with Crippen LogP contribution in [0.15, 0.2) is 0 Å². The first-order valence-corrected chi connectivity index (χ1v) is 13.0. The van der Waals surface area contributed by atoms with Crippen LogP contribution in [0, 0.1) is 0 Å². The monoisotopic (exact) mass is 758 g/mol. The number of aliphatic hydroxyl groups is 9. The lowest BCUT2D eigenvalue weighted by Crippen LogP contribution is -2.46. The van der Waals surface area contributed by atoms with Crippen molar-refractivity contribution in [3.63, 3.8) is 0 Å². The van der Waals surface area contributed by atoms with Crippen molar-refractivity contribution in [2.45, 2.75) is 79.7 Å². The van der Waals surface area contributed by atoms with Gasteiger partial charge in [-0.25, -0.2) is 14.4 Å². The van der Waals surface area contributed by atoms with Crippen LogP contribution < -0.4 is 0 Å². The smallest absolute Gasteiger partial charge is 0.336 e. The second-order valence-corrected chi connectivity index (χ2v) is 9.91. The number of rotatable bonds is 20. The minimum Gasteiger partial charge on any atom is -0.481 e. The predicted molar refractivity (Wildman–Crippen MR) is 149 cm³/mol. The SMILES string of the molecule is O=C(O)CC(O)(CC(=O)O)C(=O)O.O=C(O)CC(O)(CC(=O)O)C(=O)O.O=C(O)CC(O)(CC(=O)O)C(=O)O.OCC(O)C(O)C(O)C(O)CO. The molecule has 0 saturated heterocycles. The minimum absolute atomic E-state index is 0.726. The third kappa shape index (κ3) is 23.8. The fraction of sp³-hybridized carbons (Fsp3) is 0.625. The molecular weight excluding hydrogens is 720 g/mol. The second kappa shape index (κ2) is 24.1. The Hall–Kier alpha value is -5.13. The Morgan fingerprint density at radius 2 is 0.490 bits per heavy atom. The number of carboxylic acid groups (broad SMARTS) is 9. The molecule has 4 unspecified atom stereocenters. The van der Waals surface area contributed by atoms with Gasteiger partial charge in [0.05, 0.1) is 51.7 Å². The summed E-state index contributed by atoms with van der Waals surface area (Å²) < 4.78 is 0. The fourth-order valence-corrected chi connectivity index (χ4v) is 2.81. The van der Waals surface area contributed by atoms with Gasteiger partial charge in [0.1, 0.15) is 24.4 Å². The lowest BCUT2D eigenvalue weighted by Gasteiger charge is -2.24. The zero-order valence-corrected chi connectivity index (χ0v) is 25.7. The molecule has 4 atom stereocenters. The van der Waals surface area contributed by atoms with Gasteiger partial charge < -0.3 is 91.9 Å². The number of aliphatic carboxylic acids is 9. The van der Waals surface area contributed by atoms with Gasteiger partial charge in [0.15, 0.2) is 16.8 Å². The van der Waals surface area contributed by atoms with Crippen molar-refractivity contribution in [3.05, 3.63) is 0 Å². The van der Waals surface area contributed by atoms with E-state index in [4.69, 9.17) is 91.9 Å². The minimum atomic E-state index is -2.74. The zero-order valence-electron chi connectivity index (χ0n) is 25.7. The van der Waals surface area contributed by atoms with E-state index in [1.54, 1.807) is 0 Å². The Balaban J connectivity index is -0.000000289. The van der Waals surface area contributed by atoms with Crippen molar-refractivity contribution >= 4 is 53.7 Å². The third-order valence-corrected chi connectivity index (χ3v) is 5.37. The van der Waals surface area contributed by atoms with Crippen molar-refractivity contribution in [1.82, 2.24) is 0 Å². The van der Waals surface area contributed by atoms with Gasteiger partial charge in [-0.3, -0.25) is 28.8 Å². The molecule has 0 saturated carbocycles. The van der Waals surface area contributed by atoms with Crippen molar-refractivity contribution in [3.8, 4) is 0 Å². The Labute approximate surface area is 282 Å². The van der Waals surface area contributed by atoms with E-state index >= 15 is 0 Å². The summed E-state index contributed by atoms with van der Waals surface area (Å²) in [5.74, 6) is -15.1. The van der Waals surface area contributed by atoms with Gasteiger partial charge in [-0.15, -0.1) is 0 Å². The Morgan fingerprint density at radius 1 is 0.353 bits per heavy atom. The molecule has 0 fully saturated rings. The first kappa shape index (κ1) is 52.7. The van der Waals surface area contributed by atoms with Gasteiger partial charge in [0, 0.05) is 0 Å². The summed E-state index contributed by atoms with van der Waals surface area (Å²) in [6, 6.07) is 0. The van der Waals surface area contributed by atoms with Crippen LogP contribution in [0.2, 0.25) is 0 Å². The molecule has 0 radical (unpaired) electrons. The molecule has 0 bridgehead atoms. The molecule has 0 rings (SSSR count). The van der Waals surface area contributed by atoms with Crippen molar-refractivity contribution in [1.29, 1.82) is 0 Å². The molecule has 296 valence electrons. The largest absolute Gasteiger partial charge is 0.481 e. The number of carboxylic acids is 9. The molecule has 18 N–H and O–H groups in total. The molecule has 0 aromatic rings. The number of hydrogen-bond donors (Lipinski definition) is 18. The summed E-state index contributed by atoms with van der Waals surface area (Å²) in [5.41, 5.74) is -8.22. The highest BCUT2D eigenvalue weighted by atomic mass is 16.4. The molecule has 51 heavy (non-hydrogen) atoms. The van der Waals surface area contributed by atoms with Crippen LogP contribution in [0.4, 0.5) is 0 Å². The molecule has 0 aliphatic heterocycles. The van der Waals surface area contributed by atoms with Gasteiger partial charge >= 0.3 is 53.7 Å². The fourth-order valence-electron chi connectivity index (χ4n) is 2.81. The Kier molecular flexibility index (Phi) is 24.9. The maximum Gasteiger partial charge on any atom is 0.336 e. The van der Waals surface area contributed by atoms with E-state index in [0.717, 1.165) is 0 Å². The normalized spacial score (nSPS) is 13.4. The van der Waals surface area contributed by atoms with Gasteiger partial charge in [-0.05, 0) is 0 Å². The van der Waals surface area contributed by atoms with Crippen LogP contribution in [0.25, 0.3) is 0 Å². The van der Waals surface area contributed by atoms with Crippen LogP contribution in [-0.4, -0.2) is 200 Å². The number of carbonyl (C=O) groups is 9. The molecular formula is C24H38O27. The standard InChI is InChI=1S/3C6H8O7.C6H14O6/c3*7-3(8)1-6(13,5(11)12)2-4(9)10;7-1-3(9)5(11)6(12)4(10)2-8/h3*13H,1-2H2,(H,7,8)(H,9,10)(H,11,12);3-12H,1-2H2. The topological polar surface area (TPSA) is 518 Å². The summed E-state index contributed by atoms with van der Waals surface area (Å²) >= 11 is 0. The van der Waals surface area contributed by atoms with E-state index in [0.29, 0.717) is 0 Å². The van der Waals surface area contributed by atoms with Gasteiger partial charge in [-0.1, -0.05) is 0 Å². The molecule has 0 aromatic heterocycles. The van der Waals surface area contributed by atoms with Crippen LogP contribution in [-0.2, 0) is 43.2 Å². The van der Waals surface area contributed by atoms with Gasteiger partial charge in [-0.2, -0.15) is 0 Å². The molecule has 0 aliphatic carbocycles. The quantitative estimate of drug-likeness (QED) is 0.0548. The van der Waals surface area contributed by atoms with Crippen LogP contribution >= 0.6 is 0 Å². The van der Waals surface area contributed by atoms with Crippen LogP contribution in [0.5, 0.6) is 0 Å². The summed E-state index contributed by atoms with van der Waals surface area (Å²) in [4.78, 5) is 91.5. The number of aliphatic hydroxyl groups excluding tert-OH is 6. The summed E-state index contributed by atoms with van der Waals surface area (Å²) in [7, 11) is 0. The first-order valence-electron chi connectivity index (χ1n) is 13.0. The van der Waals surface area contributed by atoms with E-state index in [1.165, 1.54) is 0 Å². The summed E-state index contributed by atoms with van der Waals surface area (Å²) in [6.07, 6.45) is -13.3. The molecule has 0 aliphatic rings. The Bertz CT molecular complexity index is 1020. The molecule has 27 heteroatoms. The lowest BCUT2D eigenvalue weighted by atomic mass is 9.96. The van der Waals surface area contributed by atoms with Crippen molar-refractivity contribution < 1.29 is 135 Å². The van der Waals surface area contributed by atoms with Crippen molar-refractivity contribution in [2.24, 2.45) is 0 Å². The highest BCUT2D eigenvalue weighted by molar-refractivity contribution is 5.89. The number of hydrogen-bond acceptors (Lipinski definition) is 18. The third-order valence-electron chi connectivity index (χ3n) is 5.37.